The first-order chi connectivity index (χ1) is 19.8. The molecule has 0 bridgehead atoms. The van der Waals surface area contributed by atoms with E-state index in [0.717, 1.165) is 33.8 Å². The Hall–Kier alpha value is -3.60. The van der Waals surface area contributed by atoms with Crippen LogP contribution in [0.2, 0.25) is 13.1 Å². The van der Waals surface area contributed by atoms with Crippen LogP contribution in [-0.2, 0) is 14.4 Å². The van der Waals surface area contributed by atoms with Crippen molar-refractivity contribution in [3.8, 4) is 22.8 Å². The largest absolute Gasteiger partial charge is 0.493 e. The zero-order chi connectivity index (χ0) is 30.4. The molecule has 2 aromatic carbocycles. The quantitative estimate of drug-likeness (QED) is 0.163. The number of pyridine rings is 1. The summed E-state index contributed by atoms with van der Waals surface area (Å²) in [7, 11) is -1.89. The first kappa shape index (κ1) is 29.9. The molecule has 3 heterocycles. The van der Waals surface area contributed by atoms with Gasteiger partial charge >= 0.3 is 0 Å². The normalized spacial score (nSPS) is 13.3. The second-order valence-electron chi connectivity index (χ2n) is 11.9. The topological polar surface area (TPSA) is 84.6 Å². The number of methoxy groups -OCH3 is 2. The van der Waals surface area contributed by atoms with Gasteiger partial charge in [-0.05, 0) is 68.3 Å². The maximum absolute atomic E-state index is 14.3. The van der Waals surface area contributed by atoms with Crippen LogP contribution in [0.4, 0.5) is 0 Å². The SMILES string of the molecule is COc1cc2c(-c3cc4cccnc4n3S(=O)(=O)c3ccc(C)cc3)cn(C(CC(C)(C)C)O[Si](C)C)c2cc1OC. The van der Waals surface area contributed by atoms with E-state index in [0.29, 0.717) is 22.8 Å². The minimum absolute atomic E-state index is 0.0249. The van der Waals surface area contributed by atoms with E-state index in [-0.39, 0.29) is 16.5 Å². The monoisotopic (exact) mass is 604 g/mol. The number of fused-ring (bicyclic) bond motifs is 2. The highest BCUT2D eigenvalue weighted by atomic mass is 32.2. The summed E-state index contributed by atoms with van der Waals surface area (Å²) in [5, 5.41) is 1.54. The molecule has 3 aromatic heterocycles. The smallest absolute Gasteiger partial charge is 0.269 e. The van der Waals surface area contributed by atoms with E-state index in [1.165, 1.54) is 3.97 Å². The van der Waals surface area contributed by atoms with E-state index >= 15 is 0 Å². The van der Waals surface area contributed by atoms with Crippen molar-refractivity contribution in [2.75, 3.05) is 14.2 Å². The fourth-order valence-electron chi connectivity index (χ4n) is 5.27. The number of hydrogen-bond donors (Lipinski definition) is 0. The molecule has 1 atom stereocenters. The van der Waals surface area contributed by atoms with Gasteiger partial charge in [-0.1, -0.05) is 38.5 Å². The molecule has 0 saturated carbocycles. The van der Waals surface area contributed by atoms with Gasteiger partial charge in [-0.3, -0.25) is 0 Å². The van der Waals surface area contributed by atoms with Gasteiger partial charge in [-0.2, -0.15) is 0 Å². The lowest BCUT2D eigenvalue weighted by molar-refractivity contribution is 0.0871. The summed E-state index contributed by atoms with van der Waals surface area (Å²) in [6.07, 6.45) is 4.10. The highest BCUT2D eigenvalue weighted by Crippen LogP contribution is 2.43. The summed E-state index contributed by atoms with van der Waals surface area (Å²) in [5.41, 5.74) is 3.41. The van der Waals surface area contributed by atoms with Crippen LogP contribution in [0.1, 0.15) is 39.0 Å². The Morgan fingerprint density at radius 2 is 1.64 bits per heavy atom. The lowest BCUT2D eigenvalue weighted by Gasteiger charge is -2.29. The number of benzene rings is 2. The van der Waals surface area contributed by atoms with Crippen molar-refractivity contribution in [3.05, 3.63) is 72.6 Å². The van der Waals surface area contributed by atoms with Gasteiger partial charge in [0, 0.05) is 34.8 Å². The van der Waals surface area contributed by atoms with E-state index in [9.17, 15) is 8.42 Å². The number of aryl methyl sites for hydroxylation is 1. The number of rotatable bonds is 9. The van der Waals surface area contributed by atoms with Crippen molar-refractivity contribution in [1.82, 2.24) is 13.5 Å². The fraction of sp³-hybridized carbons (Fsp3) is 0.344. The molecule has 0 N–H and O–H groups in total. The average Bonchev–Trinajstić information content (AvgIpc) is 3.49. The summed E-state index contributed by atoms with van der Waals surface area (Å²) in [4.78, 5) is 4.71. The number of aromatic nitrogens is 3. The second-order valence-corrected chi connectivity index (χ2v) is 15.8. The van der Waals surface area contributed by atoms with Gasteiger partial charge in [0.15, 0.2) is 17.1 Å². The van der Waals surface area contributed by atoms with Crippen molar-refractivity contribution < 1.29 is 22.3 Å². The van der Waals surface area contributed by atoms with Crippen LogP contribution >= 0.6 is 0 Å². The molecule has 8 nitrogen and oxygen atoms in total. The van der Waals surface area contributed by atoms with Crippen molar-refractivity contribution in [3.63, 3.8) is 0 Å². The van der Waals surface area contributed by atoms with Gasteiger partial charge in [0.05, 0.1) is 30.3 Å². The van der Waals surface area contributed by atoms with E-state index in [2.05, 4.69) is 43.4 Å². The zero-order valence-electron chi connectivity index (χ0n) is 25.4. The predicted molar refractivity (Wildman–Crippen MR) is 169 cm³/mol. The van der Waals surface area contributed by atoms with Crippen LogP contribution in [-0.4, -0.2) is 45.2 Å². The van der Waals surface area contributed by atoms with E-state index < -0.39 is 19.1 Å². The van der Waals surface area contributed by atoms with Crippen LogP contribution in [0.5, 0.6) is 11.5 Å². The molecular weight excluding hydrogens is 567 g/mol. The maximum Gasteiger partial charge on any atom is 0.269 e. The minimum Gasteiger partial charge on any atom is -0.493 e. The molecule has 5 rings (SSSR count). The molecule has 10 heteroatoms. The first-order valence-corrected chi connectivity index (χ1v) is 17.7. The Labute approximate surface area is 249 Å². The van der Waals surface area contributed by atoms with E-state index in [1.54, 1.807) is 44.7 Å². The van der Waals surface area contributed by atoms with Crippen LogP contribution in [0.15, 0.2) is 71.9 Å². The summed E-state index contributed by atoms with van der Waals surface area (Å²) >= 11 is 0. The Kier molecular flexibility index (Phi) is 7.99. The lowest BCUT2D eigenvalue weighted by atomic mass is 9.91. The van der Waals surface area contributed by atoms with E-state index in [4.69, 9.17) is 13.9 Å². The molecule has 0 aliphatic heterocycles. The third kappa shape index (κ3) is 5.58. The highest BCUT2D eigenvalue weighted by molar-refractivity contribution is 7.90. The summed E-state index contributed by atoms with van der Waals surface area (Å²) in [6, 6.07) is 16.3. The molecule has 1 radical (unpaired) electrons. The molecular formula is C32H38N3O5SSi. The molecule has 0 spiro atoms. The summed E-state index contributed by atoms with van der Waals surface area (Å²) in [6.45, 7) is 12.7. The van der Waals surface area contributed by atoms with E-state index in [1.807, 2.05) is 43.5 Å². The third-order valence-electron chi connectivity index (χ3n) is 7.16. The van der Waals surface area contributed by atoms with Crippen LogP contribution in [0, 0.1) is 12.3 Å². The van der Waals surface area contributed by atoms with Gasteiger partial charge < -0.3 is 18.5 Å². The second kappa shape index (κ2) is 11.2. The molecule has 1 unspecified atom stereocenters. The summed E-state index contributed by atoms with van der Waals surface area (Å²) in [5.74, 6) is 1.13. The fourth-order valence-corrected chi connectivity index (χ4v) is 7.49. The number of nitrogens with zero attached hydrogens (tertiary/aromatic N) is 3. The molecule has 0 fully saturated rings. The first-order valence-electron chi connectivity index (χ1n) is 13.9. The van der Waals surface area contributed by atoms with Crippen LogP contribution in [0.3, 0.4) is 0 Å². The molecule has 5 aromatic rings. The summed E-state index contributed by atoms with van der Waals surface area (Å²) < 4.78 is 50.0. The Morgan fingerprint density at radius 3 is 2.26 bits per heavy atom. The minimum atomic E-state index is -4.01. The van der Waals surface area contributed by atoms with Gasteiger partial charge in [-0.15, -0.1) is 0 Å². The molecule has 0 aliphatic carbocycles. The molecule has 42 heavy (non-hydrogen) atoms. The van der Waals surface area contributed by atoms with Crippen molar-refractivity contribution in [2.24, 2.45) is 5.41 Å². The Balaban J connectivity index is 1.86. The van der Waals surface area contributed by atoms with Gasteiger partial charge in [0.2, 0.25) is 9.04 Å². The zero-order valence-corrected chi connectivity index (χ0v) is 27.2. The molecule has 221 valence electrons. The molecule has 0 amide bonds. The maximum atomic E-state index is 14.3. The Morgan fingerprint density at radius 1 is 0.976 bits per heavy atom. The standard InChI is InChI=1S/C32H38N3O5SSi/c1-21-11-13-23(14-12-21)41(36,37)35-27(16-22-10-9-15-33-31(22)35)25-20-34(30(40-42(7)8)19-32(2,3)4)26-18-29(39-6)28(38-5)17-24(25)26/h9-18,20,30H,19H2,1-8H3. The predicted octanol–water partition coefficient (Wildman–Crippen LogP) is 7.42. The van der Waals surface area contributed by atoms with Crippen molar-refractivity contribution in [1.29, 1.82) is 0 Å². The number of hydrogen-bond acceptors (Lipinski definition) is 6. The molecule has 0 aliphatic rings. The highest BCUT2D eigenvalue weighted by Gasteiger charge is 2.30. The lowest BCUT2D eigenvalue weighted by Crippen LogP contribution is -2.24. The average molecular weight is 605 g/mol. The third-order valence-corrected chi connectivity index (χ3v) is 9.62. The number of ether oxygens (including phenoxy) is 2. The van der Waals surface area contributed by atoms with Gasteiger partial charge in [-0.25, -0.2) is 17.4 Å². The van der Waals surface area contributed by atoms with Crippen LogP contribution < -0.4 is 9.47 Å². The van der Waals surface area contributed by atoms with Crippen molar-refractivity contribution >= 4 is 41.0 Å². The Bertz CT molecular complexity index is 1850. The van der Waals surface area contributed by atoms with Crippen LogP contribution in [0.25, 0.3) is 33.2 Å². The van der Waals surface area contributed by atoms with Gasteiger partial charge in [0.25, 0.3) is 10.0 Å². The molecule has 0 saturated heterocycles. The van der Waals surface area contributed by atoms with Gasteiger partial charge in [0.1, 0.15) is 6.23 Å². The van der Waals surface area contributed by atoms with Crippen molar-refractivity contribution in [2.45, 2.75) is 58.3 Å².